The minimum absolute atomic E-state index is 0.0443. The van der Waals surface area contributed by atoms with Crippen molar-refractivity contribution < 1.29 is 18.7 Å². The number of likely N-dealkylation sites (tertiary alicyclic amines) is 1. The van der Waals surface area contributed by atoms with E-state index >= 15 is 0 Å². The molecule has 1 aliphatic carbocycles. The number of amides is 1. The van der Waals surface area contributed by atoms with E-state index in [1.165, 1.54) is 0 Å². The van der Waals surface area contributed by atoms with E-state index in [-0.39, 0.29) is 34.6 Å². The van der Waals surface area contributed by atoms with Gasteiger partial charge in [0.05, 0.1) is 24.4 Å². The van der Waals surface area contributed by atoms with E-state index in [1.54, 1.807) is 37.1 Å². The van der Waals surface area contributed by atoms with Gasteiger partial charge < -0.3 is 23.9 Å². The number of ketones is 1. The van der Waals surface area contributed by atoms with Gasteiger partial charge in [0, 0.05) is 37.9 Å². The van der Waals surface area contributed by atoms with Crippen LogP contribution < -0.4 is 15.6 Å². The number of ether oxygens (including phenoxy) is 1. The summed E-state index contributed by atoms with van der Waals surface area (Å²) < 4.78 is 13.6. The number of carbonyl (C=O) groups excluding carboxylic acids is 2. The molecule has 3 aromatic rings. The van der Waals surface area contributed by atoms with Crippen molar-refractivity contribution in [1.82, 2.24) is 19.8 Å². The fourth-order valence-corrected chi connectivity index (χ4v) is 6.48. The highest BCUT2D eigenvalue weighted by atomic mass is 16.5. The molecule has 9 heteroatoms. The van der Waals surface area contributed by atoms with Crippen molar-refractivity contribution in [3.63, 3.8) is 0 Å². The number of Topliss-reactive ketones (excluding diaryl/α,β-unsaturated/α-hetero) is 1. The lowest BCUT2D eigenvalue weighted by Crippen LogP contribution is -2.37. The van der Waals surface area contributed by atoms with Gasteiger partial charge in [0.15, 0.2) is 5.76 Å². The van der Waals surface area contributed by atoms with Crippen LogP contribution in [-0.4, -0.2) is 52.9 Å². The second-order valence-corrected chi connectivity index (χ2v) is 12.0. The average Bonchev–Trinajstić information content (AvgIpc) is 3.48. The van der Waals surface area contributed by atoms with E-state index in [0.717, 1.165) is 74.6 Å². The molecule has 2 fully saturated rings. The van der Waals surface area contributed by atoms with Gasteiger partial charge in [-0.2, -0.15) is 0 Å². The van der Waals surface area contributed by atoms with E-state index < -0.39 is 0 Å². The zero-order valence-electron chi connectivity index (χ0n) is 25.4. The monoisotopic (exact) mass is 576 g/mol. The van der Waals surface area contributed by atoms with E-state index in [2.05, 4.69) is 22.1 Å². The zero-order valence-corrected chi connectivity index (χ0v) is 25.4. The number of carbonyl (C=O) groups is 2. The molecule has 5 rings (SSSR count). The van der Waals surface area contributed by atoms with E-state index in [0.29, 0.717) is 36.7 Å². The molecule has 1 N–H and O–H groups in total. The molecule has 9 nitrogen and oxygen atoms in total. The van der Waals surface area contributed by atoms with E-state index in [9.17, 15) is 14.4 Å². The number of rotatable bonds is 13. The second-order valence-electron chi connectivity index (χ2n) is 12.0. The standard InChI is InChI=1S/C33H44N4O5/c1-5-23(38)10-8-7-9-11-26(35-31(40)25-20-33(25)14-16-37(6-2)17-15-33)32-34-21-29(42-32)24-18-22-12-13-30(39)36(3)27(22)19-28(24)41-4/h12-13,18-19,21,25-26H,5-11,14-17,20H2,1-4H3,(H,35,40)/t25-,26+/m1/s1. The van der Waals surface area contributed by atoms with Crippen molar-refractivity contribution in [2.75, 3.05) is 26.7 Å². The Bertz CT molecular complexity index is 1480. The number of aryl methyl sites for hydroxylation is 1. The summed E-state index contributed by atoms with van der Waals surface area (Å²) in [5.74, 6) is 2.01. The summed E-state index contributed by atoms with van der Waals surface area (Å²) in [6.45, 7) is 7.27. The van der Waals surface area contributed by atoms with Crippen LogP contribution in [0.15, 0.2) is 39.7 Å². The topological polar surface area (TPSA) is 107 Å². The fraction of sp³-hybridized carbons (Fsp3) is 0.576. The third kappa shape index (κ3) is 6.31. The summed E-state index contributed by atoms with van der Waals surface area (Å²) in [6.07, 6.45) is 9.26. The lowest BCUT2D eigenvalue weighted by atomic mass is 9.90. The molecule has 2 aromatic heterocycles. The molecule has 0 bridgehead atoms. The smallest absolute Gasteiger partial charge is 0.250 e. The maximum atomic E-state index is 13.5. The van der Waals surface area contributed by atoms with Crippen LogP contribution in [0, 0.1) is 11.3 Å². The van der Waals surface area contributed by atoms with Gasteiger partial charge >= 0.3 is 0 Å². The second kappa shape index (κ2) is 12.8. The van der Waals surface area contributed by atoms with Crippen molar-refractivity contribution in [3.8, 4) is 17.1 Å². The molecule has 0 radical (unpaired) electrons. The molecule has 1 spiro atoms. The molecule has 1 amide bonds. The van der Waals surface area contributed by atoms with Crippen LogP contribution in [-0.2, 0) is 16.6 Å². The fourth-order valence-electron chi connectivity index (χ4n) is 6.48. The number of aromatic nitrogens is 2. The molecule has 42 heavy (non-hydrogen) atoms. The Labute approximate surface area is 247 Å². The molecule has 1 saturated heterocycles. The molecular formula is C33H44N4O5. The van der Waals surface area contributed by atoms with Crippen molar-refractivity contribution in [3.05, 3.63) is 46.7 Å². The largest absolute Gasteiger partial charge is 0.496 e. The number of benzene rings is 1. The molecule has 2 aliphatic rings. The molecule has 0 unspecified atom stereocenters. The van der Waals surface area contributed by atoms with Gasteiger partial charge in [0.1, 0.15) is 17.6 Å². The summed E-state index contributed by atoms with van der Waals surface area (Å²) in [7, 11) is 3.32. The highest BCUT2D eigenvalue weighted by molar-refractivity contribution is 5.87. The predicted octanol–water partition coefficient (Wildman–Crippen LogP) is 5.41. The highest BCUT2D eigenvalue weighted by Crippen LogP contribution is 2.59. The van der Waals surface area contributed by atoms with Gasteiger partial charge in [-0.3, -0.25) is 14.4 Å². The van der Waals surface area contributed by atoms with Crippen LogP contribution in [0.25, 0.3) is 22.2 Å². The third-order valence-electron chi connectivity index (χ3n) is 9.50. The van der Waals surface area contributed by atoms with E-state index in [4.69, 9.17) is 9.15 Å². The van der Waals surface area contributed by atoms with Gasteiger partial charge in [0.25, 0.3) is 5.56 Å². The predicted molar refractivity (Wildman–Crippen MR) is 162 cm³/mol. The zero-order chi connectivity index (χ0) is 29.9. The number of hydrogen-bond donors (Lipinski definition) is 1. The minimum atomic E-state index is -0.353. The molecular weight excluding hydrogens is 532 g/mol. The van der Waals surface area contributed by atoms with Crippen LogP contribution in [0.2, 0.25) is 0 Å². The molecule has 1 aromatic carbocycles. The number of unbranched alkanes of at least 4 members (excludes halogenated alkanes) is 2. The van der Waals surface area contributed by atoms with Crippen LogP contribution in [0.4, 0.5) is 0 Å². The molecule has 1 saturated carbocycles. The quantitative estimate of drug-likeness (QED) is 0.271. The Balaban J connectivity index is 1.34. The van der Waals surface area contributed by atoms with Crippen LogP contribution in [0.5, 0.6) is 5.75 Å². The Hall–Kier alpha value is -3.46. The number of methoxy groups -OCH3 is 1. The Morgan fingerprint density at radius 2 is 1.95 bits per heavy atom. The van der Waals surface area contributed by atoms with Gasteiger partial charge in [-0.15, -0.1) is 0 Å². The molecule has 1 aliphatic heterocycles. The van der Waals surface area contributed by atoms with Crippen LogP contribution >= 0.6 is 0 Å². The van der Waals surface area contributed by atoms with Gasteiger partial charge in [-0.25, -0.2) is 4.98 Å². The van der Waals surface area contributed by atoms with Gasteiger partial charge in [-0.05, 0) is 74.7 Å². The number of nitrogens with zero attached hydrogens (tertiary/aromatic N) is 3. The van der Waals surface area contributed by atoms with Crippen molar-refractivity contribution in [2.45, 2.75) is 77.7 Å². The number of fused-ring (bicyclic) bond motifs is 1. The number of oxazole rings is 1. The Morgan fingerprint density at radius 1 is 1.17 bits per heavy atom. The first-order valence-electron chi connectivity index (χ1n) is 15.5. The van der Waals surface area contributed by atoms with Crippen LogP contribution in [0.3, 0.4) is 0 Å². The van der Waals surface area contributed by atoms with Crippen molar-refractivity contribution in [2.24, 2.45) is 18.4 Å². The maximum absolute atomic E-state index is 13.5. The SMILES string of the molecule is CCC(=O)CCCCC[C@H](NC(=O)[C@H]1CC12CCN(CC)CC2)c1ncc(-c2cc3ccc(=O)n(C)c3cc2OC)o1. The Kier molecular flexibility index (Phi) is 9.16. The normalized spacial score (nSPS) is 18.7. The number of nitrogens with one attached hydrogen (secondary N) is 1. The maximum Gasteiger partial charge on any atom is 0.250 e. The number of pyridine rings is 1. The first-order valence-corrected chi connectivity index (χ1v) is 15.5. The number of hydrogen-bond acceptors (Lipinski definition) is 7. The van der Waals surface area contributed by atoms with Crippen molar-refractivity contribution >= 4 is 22.6 Å². The van der Waals surface area contributed by atoms with Crippen LogP contribution in [0.1, 0.15) is 83.6 Å². The lowest BCUT2D eigenvalue weighted by molar-refractivity contribution is -0.124. The average molecular weight is 577 g/mol. The van der Waals surface area contributed by atoms with E-state index in [1.807, 2.05) is 19.1 Å². The van der Waals surface area contributed by atoms with Gasteiger partial charge in [-0.1, -0.05) is 26.7 Å². The lowest BCUT2D eigenvalue weighted by Gasteiger charge is -2.32. The molecule has 3 heterocycles. The molecule has 2 atom stereocenters. The summed E-state index contributed by atoms with van der Waals surface area (Å²) in [5.41, 5.74) is 1.54. The Morgan fingerprint density at radius 3 is 2.67 bits per heavy atom. The van der Waals surface area contributed by atoms with Crippen molar-refractivity contribution in [1.29, 1.82) is 0 Å². The third-order valence-corrected chi connectivity index (χ3v) is 9.50. The highest BCUT2D eigenvalue weighted by Gasteiger charge is 2.58. The summed E-state index contributed by atoms with van der Waals surface area (Å²) in [5, 5.41) is 4.17. The summed E-state index contributed by atoms with van der Waals surface area (Å²) >= 11 is 0. The first-order chi connectivity index (χ1) is 20.3. The summed E-state index contributed by atoms with van der Waals surface area (Å²) in [6, 6.07) is 6.75. The van der Waals surface area contributed by atoms with Gasteiger partial charge in [0.2, 0.25) is 11.8 Å². The minimum Gasteiger partial charge on any atom is -0.496 e. The number of piperidine rings is 1. The summed E-state index contributed by atoms with van der Waals surface area (Å²) in [4.78, 5) is 44.5. The molecule has 226 valence electrons. The first kappa shape index (κ1) is 30.0.